The first kappa shape index (κ1) is 9.68. The Labute approximate surface area is 73.5 Å². The molecule has 3 heteroatoms. The average Bonchev–Trinajstić information content (AvgIpc) is 2.56. The fourth-order valence-corrected chi connectivity index (χ4v) is 1.38. The molecule has 0 saturated carbocycles. The molecule has 1 rings (SSSR count). The Bertz CT molecular complexity index is 141. The molecule has 1 N–H and O–H groups in total. The quantitative estimate of drug-likeness (QED) is 0.615. The smallest absolute Gasteiger partial charge is 0.139 e. The van der Waals surface area contributed by atoms with Crippen molar-refractivity contribution in [1.82, 2.24) is 5.32 Å². The standard InChI is InChI=1S/C9H17NO2/c1-2-10-5-3-9(11)8-4-6-12-7-8/h8,10H,2-7H2,1H3. The molecule has 1 heterocycles. The van der Waals surface area contributed by atoms with Gasteiger partial charge in [0.1, 0.15) is 5.78 Å². The SMILES string of the molecule is CCNCCC(=O)C1CCOC1. The van der Waals surface area contributed by atoms with Crippen molar-refractivity contribution >= 4 is 5.78 Å². The van der Waals surface area contributed by atoms with E-state index in [0.717, 1.165) is 26.1 Å². The van der Waals surface area contributed by atoms with E-state index in [1.54, 1.807) is 0 Å². The summed E-state index contributed by atoms with van der Waals surface area (Å²) in [6.07, 6.45) is 1.58. The van der Waals surface area contributed by atoms with Crippen molar-refractivity contribution in [2.45, 2.75) is 19.8 Å². The number of Topliss-reactive ketones (excluding diaryl/α,β-unsaturated/α-hetero) is 1. The minimum atomic E-state index is 0.184. The highest BCUT2D eigenvalue weighted by Crippen LogP contribution is 2.14. The van der Waals surface area contributed by atoms with Crippen LogP contribution >= 0.6 is 0 Å². The Balaban J connectivity index is 2.10. The van der Waals surface area contributed by atoms with Crippen LogP contribution in [0.2, 0.25) is 0 Å². The van der Waals surface area contributed by atoms with Gasteiger partial charge in [0.2, 0.25) is 0 Å². The van der Waals surface area contributed by atoms with Crippen molar-refractivity contribution in [2.24, 2.45) is 5.92 Å². The van der Waals surface area contributed by atoms with Gasteiger partial charge < -0.3 is 10.1 Å². The number of hydrogen-bond donors (Lipinski definition) is 1. The highest BCUT2D eigenvalue weighted by molar-refractivity contribution is 5.81. The maximum atomic E-state index is 11.4. The first-order chi connectivity index (χ1) is 5.84. The van der Waals surface area contributed by atoms with E-state index in [-0.39, 0.29) is 5.92 Å². The second-order valence-corrected chi connectivity index (χ2v) is 3.13. The van der Waals surface area contributed by atoms with Gasteiger partial charge in [0, 0.05) is 25.5 Å². The number of ether oxygens (including phenoxy) is 1. The van der Waals surface area contributed by atoms with E-state index >= 15 is 0 Å². The Hall–Kier alpha value is -0.410. The van der Waals surface area contributed by atoms with Gasteiger partial charge in [0.15, 0.2) is 0 Å². The summed E-state index contributed by atoms with van der Waals surface area (Å²) in [5.74, 6) is 0.539. The molecule has 0 aromatic rings. The molecule has 1 unspecified atom stereocenters. The predicted octanol–water partition coefficient (Wildman–Crippen LogP) is 0.592. The van der Waals surface area contributed by atoms with Crippen LogP contribution in [0.4, 0.5) is 0 Å². The minimum Gasteiger partial charge on any atom is -0.381 e. The van der Waals surface area contributed by atoms with Gasteiger partial charge in [-0.05, 0) is 13.0 Å². The molecule has 0 spiro atoms. The topological polar surface area (TPSA) is 38.3 Å². The number of carbonyl (C=O) groups excluding carboxylic acids is 1. The zero-order valence-corrected chi connectivity index (χ0v) is 7.64. The fourth-order valence-electron chi connectivity index (χ4n) is 1.38. The van der Waals surface area contributed by atoms with Crippen LogP contribution in [0.3, 0.4) is 0 Å². The van der Waals surface area contributed by atoms with Crippen LogP contribution in [0.15, 0.2) is 0 Å². The van der Waals surface area contributed by atoms with Gasteiger partial charge in [-0.2, -0.15) is 0 Å². The summed E-state index contributed by atoms with van der Waals surface area (Å²) in [5, 5.41) is 3.14. The van der Waals surface area contributed by atoms with E-state index in [2.05, 4.69) is 5.32 Å². The third kappa shape index (κ3) is 2.91. The lowest BCUT2D eigenvalue weighted by Gasteiger charge is -2.05. The Morgan fingerprint density at radius 1 is 1.67 bits per heavy atom. The zero-order chi connectivity index (χ0) is 8.81. The lowest BCUT2D eigenvalue weighted by atomic mass is 10.0. The summed E-state index contributed by atoms with van der Waals surface area (Å²) in [4.78, 5) is 11.4. The molecule has 0 aromatic carbocycles. The Kier molecular flexibility index (Phi) is 4.25. The molecule has 1 saturated heterocycles. The van der Waals surface area contributed by atoms with Gasteiger partial charge in [0.25, 0.3) is 0 Å². The molecule has 1 fully saturated rings. The largest absolute Gasteiger partial charge is 0.381 e. The third-order valence-corrected chi connectivity index (χ3v) is 2.18. The second-order valence-electron chi connectivity index (χ2n) is 3.13. The van der Waals surface area contributed by atoms with Gasteiger partial charge in [-0.1, -0.05) is 6.92 Å². The summed E-state index contributed by atoms with van der Waals surface area (Å²) in [5.41, 5.74) is 0. The molecular weight excluding hydrogens is 154 g/mol. The normalized spacial score (nSPS) is 22.9. The summed E-state index contributed by atoms with van der Waals surface area (Å²) in [6.45, 7) is 5.20. The molecule has 1 aliphatic rings. The van der Waals surface area contributed by atoms with E-state index in [4.69, 9.17) is 4.74 Å². The molecule has 1 aliphatic heterocycles. The van der Waals surface area contributed by atoms with Crippen molar-refractivity contribution in [3.8, 4) is 0 Å². The Morgan fingerprint density at radius 2 is 2.50 bits per heavy atom. The lowest BCUT2D eigenvalue weighted by Crippen LogP contribution is -2.22. The molecule has 0 bridgehead atoms. The van der Waals surface area contributed by atoms with Gasteiger partial charge in [-0.15, -0.1) is 0 Å². The first-order valence-electron chi connectivity index (χ1n) is 4.65. The van der Waals surface area contributed by atoms with Gasteiger partial charge >= 0.3 is 0 Å². The highest BCUT2D eigenvalue weighted by atomic mass is 16.5. The minimum absolute atomic E-state index is 0.184. The van der Waals surface area contributed by atoms with Gasteiger partial charge in [-0.25, -0.2) is 0 Å². The van der Waals surface area contributed by atoms with Crippen molar-refractivity contribution in [1.29, 1.82) is 0 Å². The van der Waals surface area contributed by atoms with Crippen LogP contribution in [0.1, 0.15) is 19.8 Å². The average molecular weight is 171 g/mol. The van der Waals surface area contributed by atoms with Crippen LogP contribution in [0.5, 0.6) is 0 Å². The van der Waals surface area contributed by atoms with Crippen molar-refractivity contribution in [3.63, 3.8) is 0 Å². The maximum Gasteiger partial charge on any atom is 0.139 e. The number of rotatable bonds is 5. The monoisotopic (exact) mass is 171 g/mol. The summed E-state index contributed by atoms with van der Waals surface area (Å²) in [6, 6.07) is 0. The fraction of sp³-hybridized carbons (Fsp3) is 0.889. The van der Waals surface area contributed by atoms with Crippen molar-refractivity contribution in [3.05, 3.63) is 0 Å². The molecule has 70 valence electrons. The van der Waals surface area contributed by atoms with Crippen LogP contribution in [-0.4, -0.2) is 32.1 Å². The lowest BCUT2D eigenvalue weighted by molar-refractivity contribution is -0.122. The molecule has 0 aliphatic carbocycles. The van der Waals surface area contributed by atoms with E-state index in [1.165, 1.54) is 0 Å². The van der Waals surface area contributed by atoms with Crippen molar-refractivity contribution in [2.75, 3.05) is 26.3 Å². The maximum absolute atomic E-state index is 11.4. The molecule has 1 atom stereocenters. The molecule has 0 amide bonds. The first-order valence-corrected chi connectivity index (χ1v) is 4.65. The van der Waals surface area contributed by atoms with E-state index in [1.807, 2.05) is 6.92 Å². The van der Waals surface area contributed by atoms with Crippen LogP contribution in [0, 0.1) is 5.92 Å². The number of carbonyl (C=O) groups is 1. The van der Waals surface area contributed by atoms with E-state index in [0.29, 0.717) is 18.8 Å². The van der Waals surface area contributed by atoms with Crippen LogP contribution < -0.4 is 5.32 Å². The van der Waals surface area contributed by atoms with E-state index < -0.39 is 0 Å². The number of hydrogen-bond acceptors (Lipinski definition) is 3. The second kappa shape index (κ2) is 5.27. The van der Waals surface area contributed by atoms with Gasteiger partial charge in [-0.3, -0.25) is 4.79 Å². The third-order valence-electron chi connectivity index (χ3n) is 2.18. The van der Waals surface area contributed by atoms with Crippen molar-refractivity contribution < 1.29 is 9.53 Å². The van der Waals surface area contributed by atoms with Crippen LogP contribution in [-0.2, 0) is 9.53 Å². The summed E-state index contributed by atoms with van der Waals surface area (Å²) < 4.78 is 5.14. The van der Waals surface area contributed by atoms with Gasteiger partial charge in [0.05, 0.1) is 6.61 Å². The van der Waals surface area contributed by atoms with E-state index in [9.17, 15) is 4.79 Å². The summed E-state index contributed by atoms with van der Waals surface area (Å²) >= 11 is 0. The molecule has 12 heavy (non-hydrogen) atoms. The predicted molar refractivity (Wildman–Crippen MR) is 47.1 cm³/mol. The molecule has 0 radical (unpaired) electrons. The molecular formula is C9H17NO2. The molecule has 3 nitrogen and oxygen atoms in total. The Morgan fingerprint density at radius 3 is 3.08 bits per heavy atom. The number of nitrogens with one attached hydrogen (secondary N) is 1. The molecule has 0 aromatic heterocycles. The highest BCUT2D eigenvalue weighted by Gasteiger charge is 2.22. The van der Waals surface area contributed by atoms with Crippen LogP contribution in [0.25, 0.3) is 0 Å². The number of ketones is 1. The zero-order valence-electron chi connectivity index (χ0n) is 7.64. The summed E-state index contributed by atoms with van der Waals surface area (Å²) in [7, 11) is 0.